The van der Waals surface area contributed by atoms with E-state index >= 15 is 0 Å². The fourth-order valence-electron chi connectivity index (χ4n) is 3.28. The Morgan fingerprint density at radius 1 is 0.850 bits per heavy atom. The van der Waals surface area contributed by atoms with Crippen LogP contribution in [0.1, 0.15) is 23.7 Å². The molecule has 0 bridgehead atoms. The first-order valence-electron chi connectivity index (χ1n) is 7.04. The summed E-state index contributed by atoms with van der Waals surface area (Å²) < 4.78 is 0. The van der Waals surface area contributed by atoms with Crippen molar-refractivity contribution in [3.05, 3.63) is 59.7 Å². The topological polar surface area (TPSA) is 40.5 Å². The van der Waals surface area contributed by atoms with Crippen LogP contribution < -0.4 is 0 Å². The molecule has 0 heterocycles. The molecule has 2 N–H and O–H groups in total. The van der Waals surface area contributed by atoms with Crippen LogP contribution in [0.3, 0.4) is 0 Å². The lowest BCUT2D eigenvalue weighted by atomic mass is 9.85. The summed E-state index contributed by atoms with van der Waals surface area (Å²) in [5.41, 5.74) is 2.04. The Morgan fingerprint density at radius 3 is 2.55 bits per heavy atom. The summed E-state index contributed by atoms with van der Waals surface area (Å²) in [5.74, 6) is 0. The highest BCUT2D eigenvalue weighted by Crippen LogP contribution is 2.35. The minimum atomic E-state index is -0.755. The zero-order valence-electron chi connectivity index (χ0n) is 11.1. The second-order valence-corrected chi connectivity index (χ2v) is 5.61. The second-order valence-electron chi connectivity index (χ2n) is 5.61. The molecule has 0 amide bonds. The molecule has 0 unspecified atom stereocenters. The summed E-state index contributed by atoms with van der Waals surface area (Å²) in [6.45, 7) is 0. The second kappa shape index (κ2) is 4.30. The highest BCUT2D eigenvalue weighted by molar-refractivity contribution is 6.07. The Labute approximate surface area is 117 Å². The third kappa shape index (κ3) is 1.65. The van der Waals surface area contributed by atoms with Gasteiger partial charge in [-0.2, -0.15) is 0 Å². The summed E-state index contributed by atoms with van der Waals surface area (Å²) in [6.07, 6.45) is 0.0620. The molecule has 3 aromatic carbocycles. The molecule has 2 atom stereocenters. The van der Waals surface area contributed by atoms with Gasteiger partial charge < -0.3 is 10.2 Å². The molecule has 2 heteroatoms. The van der Waals surface area contributed by atoms with Crippen molar-refractivity contribution < 1.29 is 10.2 Å². The molecule has 100 valence electrons. The lowest BCUT2D eigenvalue weighted by Crippen LogP contribution is -2.24. The van der Waals surface area contributed by atoms with Crippen LogP contribution in [-0.2, 0) is 6.42 Å². The molecule has 3 aromatic rings. The zero-order chi connectivity index (χ0) is 13.7. The van der Waals surface area contributed by atoms with E-state index in [9.17, 15) is 10.2 Å². The number of fused-ring (bicyclic) bond motifs is 4. The van der Waals surface area contributed by atoms with Crippen LogP contribution >= 0.6 is 0 Å². The first kappa shape index (κ1) is 11.9. The van der Waals surface area contributed by atoms with Crippen molar-refractivity contribution in [1.29, 1.82) is 0 Å². The van der Waals surface area contributed by atoms with Gasteiger partial charge in [-0.1, -0.05) is 42.5 Å². The van der Waals surface area contributed by atoms with E-state index < -0.39 is 12.2 Å². The fraction of sp³-hybridized carbons (Fsp3) is 0.222. The maximum atomic E-state index is 10.2. The van der Waals surface area contributed by atoms with Crippen molar-refractivity contribution in [2.45, 2.75) is 25.0 Å². The van der Waals surface area contributed by atoms with Crippen LogP contribution in [0, 0.1) is 0 Å². The van der Waals surface area contributed by atoms with E-state index in [1.54, 1.807) is 0 Å². The minimum Gasteiger partial charge on any atom is -0.390 e. The van der Waals surface area contributed by atoms with Gasteiger partial charge in [-0.25, -0.2) is 0 Å². The molecule has 0 aliphatic heterocycles. The molecule has 0 aromatic heterocycles. The third-order valence-electron chi connectivity index (χ3n) is 4.40. The Bertz CT molecular complexity index is 807. The Hall–Kier alpha value is -1.90. The van der Waals surface area contributed by atoms with Crippen molar-refractivity contribution in [2.24, 2.45) is 0 Å². The van der Waals surface area contributed by atoms with E-state index in [0.29, 0.717) is 6.42 Å². The zero-order valence-corrected chi connectivity index (χ0v) is 11.1. The van der Waals surface area contributed by atoms with Gasteiger partial charge in [0, 0.05) is 0 Å². The van der Waals surface area contributed by atoms with Gasteiger partial charge in [-0.05, 0) is 51.6 Å². The van der Waals surface area contributed by atoms with Gasteiger partial charge in [0.15, 0.2) is 0 Å². The smallest absolute Gasteiger partial charge is 0.105 e. The monoisotopic (exact) mass is 264 g/mol. The predicted molar refractivity (Wildman–Crippen MR) is 80.7 cm³/mol. The third-order valence-corrected chi connectivity index (χ3v) is 4.40. The Balaban J connectivity index is 2.05. The summed E-state index contributed by atoms with van der Waals surface area (Å²) >= 11 is 0. The molecule has 1 aliphatic rings. The molecule has 4 rings (SSSR count). The number of aryl methyl sites for hydroxylation is 1. The molecule has 2 nitrogen and oxygen atoms in total. The molecule has 0 radical (unpaired) electrons. The fourth-order valence-corrected chi connectivity index (χ4v) is 3.28. The molecule has 0 spiro atoms. The van der Waals surface area contributed by atoms with E-state index in [2.05, 4.69) is 36.4 Å². The summed E-state index contributed by atoms with van der Waals surface area (Å²) in [4.78, 5) is 0. The van der Waals surface area contributed by atoms with Crippen LogP contribution in [0.2, 0.25) is 0 Å². The average Bonchev–Trinajstić information content (AvgIpc) is 2.50. The first-order valence-corrected chi connectivity index (χ1v) is 7.04. The highest BCUT2D eigenvalue weighted by Gasteiger charge is 2.26. The standard InChI is InChI=1S/C18H16O2/c19-17-8-7-13-9-15-12(10-16(13)18(17)20)6-5-11-3-1-2-4-14(11)15/h1-6,9-10,17-20H,7-8H2/t17-,18-/m0/s1. The molecule has 1 aliphatic carbocycles. The number of aliphatic hydroxyl groups is 2. The van der Waals surface area contributed by atoms with Crippen molar-refractivity contribution in [3.63, 3.8) is 0 Å². The van der Waals surface area contributed by atoms with Crippen LogP contribution in [0.4, 0.5) is 0 Å². The summed E-state index contributed by atoms with van der Waals surface area (Å²) in [6, 6.07) is 16.8. The SMILES string of the molecule is O[C@H]1CCc2cc3c(ccc4ccccc43)cc2[C@@H]1O. The lowest BCUT2D eigenvalue weighted by Gasteiger charge is -2.27. The number of aliphatic hydroxyl groups excluding tert-OH is 2. The van der Waals surface area contributed by atoms with Crippen molar-refractivity contribution in [3.8, 4) is 0 Å². The van der Waals surface area contributed by atoms with Crippen LogP contribution in [0.5, 0.6) is 0 Å². The number of rotatable bonds is 0. The van der Waals surface area contributed by atoms with Crippen LogP contribution in [0.15, 0.2) is 48.5 Å². The molecular formula is C18H16O2. The van der Waals surface area contributed by atoms with E-state index in [1.165, 1.54) is 16.2 Å². The quantitative estimate of drug-likeness (QED) is 0.611. The molecule has 0 saturated carbocycles. The van der Waals surface area contributed by atoms with Gasteiger partial charge in [-0.3, -0.25) is 0 Å². The summed E-state index contributed by atoms with van der Waals surface area (Å²) in [7, 11) is 0. The summed E-state index contributed by atoms with van der Waals surface area (Å²) in [5, 5.41) is 24.8. The van der Waals surface area contributed by atoms with E-state index in [-0.39, 0.29) is 0 Å². The Kier molecular flexibility index (Phi) is 2.56. The Morgan fingerprint density at radius 2 is 1.65 bits per heavy atom. The van der Waals surface area contributed by atoms with E-state index in [1.807, 2.05) is 12.1 Å². The van der Waals surface area contributed by atoms with E-state index in [0.717, 1.165) is 22.9 Å². The normalized spacial score (nSPS) is 22.1. The maximum Gasteiger partial charge on any atom is 0.105 e. The molecule has 20 heavy (non-hydrogen) atoms. The van der Waals surface area contributed by atoms with Gasteiger partial charge in [0.1, 0.15) is 6.10 Å². The average molecular weight is 264 g/mol. The van der Waals surface area contributed by atoms with Crippen LogP contribution in [0.25, 0.3) is 21.5 Å². The van der Waals surface area contributed by atoms with Gasteiger partial charge >= 0.3 is 0 Å². The van der Waals surface area contributed by atoms with Crippen LogP contribution in [-0.4, -0.2) is 16.3 Å². The molecule has 0 saturated heterocycles. The predicted octanol–water partition coefficient (Wildman–Crippen LogP) is 3.33. The van der Waals surface area contributed by atoms with Crippen molar-refractivity contribution in [1.82, 2.24) is 0 Å². The minimum absolute atomic E-state index is 0.629. The van der Waals surface area contributed by atoms with Gasteiger partial charge in [0.2, 0.25) is 0 Å². The molecule has 0 fully saturated rings. The largest absolute Gasteiger partial charge is 0.390 e. The van der Waals surface area contributed by atoms with E-state index in [4.69, 9.17) is 0 Å². The van der Waals surface area contributed by atoms with Crippen molar-refractivity contribution in [2.75, 3.05) is 0 Å². The number of hydrogen-bond acceptors (Lipinski definition) is 2. The number of benzene rings is 3. The lowest BCUT2D eigenvalue weighted by molar-refractivity contribution is 0.00660. The van der Waals surface area contributed by atoms with Gasteiger partial charge in [0.05, 0.1) is 6.10 Å². The highest BCUT2D eigenvalue weighted by atomic mass is 16.3. The number of hydrogen-bond donors (Lipinski definition) is 2. The first-order chi connectivity index (χ1) is 9.74. The van der Waals surface area contributed by atoms with Crippen molar-refractivity contribution >= 4 is 21.5 Å². The van der Waals surface area contributed by atoms with Gasteiger partial charge in [0.25, 0.3) is 0 Å². The van der Waals surface area contributed by atoms with Gasteiger partial charge in [-0.15, -0.1) is 0 Å². The molecular weight excluding hydrogens is 248 g/mol. The maximum absolute atomic E-state index is 10.2.